The Morgan fingerprint density at radius 1 is 1.13 bits per heavy atom. The van der Waals surface area contributed by atoms with E-state index in [0.717, 1.165) is 32.3 Å². The van der Waals surface area contributed by atoms with Crippen molar-refractivity contribution in [3.05, 3.63) is 64.3 Å². The van der Waals surface area contributed by atoms with E-state index in [1.54, 1.807) is 7.11 Å². The standard InChI is InChI=1S/C18H16BrNO3/c1-22-13-6-3-11(4-7-13)17(18(21)23-2)15-10-20-16-8-5-12(19)9-14(15)16/h3-10,17,20H,1-2H3. The minimum absolute atomic E-state index is 0.295. The summed E-state index contributed by atoms with van der Waals surface area (Å²) in [5, 5.41) is 0.991. The van der Waals surface area contributed by atoms with Gasteiger partial charge in [-0.05, 0) is 41.5 Å². The Bertz CT molecular complexity index is 839. The smallest absolute Gasteiger partial charge is 0.317 e. The second-order valence-electron chi connectivity index (χ2n) is 5.16. The number of halogens is 1. The van der Waals surface area contributed by atoms with E-state index >= 15 is 0 Å². The number of rotatable bonds is 4. The number of aromatic nitrogens is 1. The summed E-state index contributed by atoms with van der Waals surface area (Å²) in [5.74, 6) is -0.0379. The van der Waals surface area contributed by atoms with E-state index in [0.29, 0.717) is 0 Å². The molecular formula is C18H16BrNO3. The SMILES string of the molecule is COC(=O)C(c1ccc(OC)cc1)c1c[nH]c2ccc(Br)cc12. The number of ether oxygens (including phenoxy) is 2. The van der Waals surface area contributed by atoms with Crippen molar-refractivity contribution in [3.63, 3.8) is 0 Å². The molecule has 0 aliphatic carbocycles. The predicted molar refractivity (Wildman–Crippen MR) is 92.9 cm³/mol. The number of esters is 1. The molecule has 0 fully saturated rings. The molecule has 0 radical (unpaired) electrons. The zero-order valence-electron chi connectivity index (χ0n) is 12.8. The minimum atomic E-state index is -0.492. The van der Waals surface area contributed by atoms with Crippen molar-refractivity contribution in [3.8, 4) is 5.75 Å². The van der Waals surface area contributed by atoms with Crippen LogP contribution in [0.25, 0.3) is 10.9 Å². The number of hydrogen-bond acceptors (Lipinski definition) is 3. The number of aromatic amines is 1. The lowest BCUT2D eigenvalue weighted by atomic mass is 9.91. The van der Waals surface area contributed by atoms with Gasteiger partial charge in [0.25, 0.3) is 0 Å². The van der Waals surface area contributed by atoms with Crippen molar-refractivity contribution in [2.75, 3.05) is 14.2 Å². The molecule has 0 aliphatic heterocycles. The number of benzene rings is 2. The van der Waals surface area contributed by atoms with Crippen LogP contribution in [0, 0.1) is 0 Å². The minimum Gasteiger partial charge on any atom is -0.497 e. The quantitative estimate of drug-likeness (QED) is 0.695. The molecule has 0 saturated heterocycles. The molecule has 5 heteroatoms. The highest BCUT2D eigenvalue weighted by atomic mass is 79.9. The molecule has 0 bridgehead atoms. The fourth-order valence-electron chi connectivity index (χ4n) is 2.71. The highest BCUT2D eigenvalue weighted by Crippen LogP contribution is 2.33. The molecule has 3 rings (SSSR count). The number of methoxy groups -OCH3 is 2. The zero-order chi connectivity index (χ0) is 16.4. The van der Waals surface area contributed by atoms with Crippen molar-refractivity contribution < 1.29 is 14.3 Å². The van der Waals surface area contributed by atoms with Crippen LogP contribution < -0.4 is 4.74 Å². The van der Waals surface area contributed by atoms with E-state index in [9.17, 15) is 4.79 Å². The van der Waals surface area contributed by atoms with Gasteiger partial charge in [0.2, 0.25) is 0 Å². The molecular weight excluding hydrogens is 358 g/mol. The van der Waals surface area contributed by atoms with Crippen LogP contribution in [0.15, 0.2) is 53.1 Å². The van der Waals surface area contributed by atoms with E-state index in [1.807, 2.05) is 48.7 Å². The van der Waals surface area contributed by atoms with E-state index in [2.05, 4.69) is 20.9 Å². The molecule has 0 aliphatic rings. The van der Waals surface area contributed by atoms with Crippen molar-refractivity contribution in [2.24, 2.45) is 0 Å². The first-order valence-electron chi connectivity index (χ1n) is 7.12. The lowest BCUT2D eigenvalue weighted by molar-refractivity contribution is -0.141. The van der Waals surface area contributed by atoms with Gasteiger partial charge in [-0.25, -0.2) is 0 Å². The Morgan fingerprint density at radius 3 is 2.52 bits per heavy atom. The molecule has 1 N–H and O–H groups in total. The first kappa shape index (κ1) is 15.6. The van der Waals surface area contributed by atoms with Gasteiger partial charge in [0.1, 0.15) is 11.7 Å². The summed E-state index contributed by atoms with van der Waals surface area (Å²) in [5.41, 5.74) is 2.72. The summed E-state index contributed by atoms with van der Waals surface area (Å²) in [6, 6.07) is 13.4. The number of fused-ring (bicyclic) bond motifs is 1. The third-order valence-electron chi connectivity index (χ3n) is 3.87. The van der Waals surface area contributed by atoms with Crippen molar-refractivity contribution in [2.45, 2.75) is 5.92 Å². The molecule has 3 aromatic rings. The molecule has 0 spiro atoms. The van der Waals surface area contributed by atoms with Crippen LogP contribution in [0.2, 0.25) is 0 Å². The first-order valence-corrected chi connectivity index (χ1v) is 7.91. The first-order chi connectivity index (χ1) is 11.1. The Kier molecular flexibility index (Phi) is 4.39. The highest BCUT2D eigenvalue weighted by molar-refractivity contribution is 9.10. The number of nitrogens with one attached hydrogen (secondary N) is 1. The molecule has 1 heterocycles. The van der Waals surface area contributed by atoms with Crippen LogP contribution in [0.5, 0.6) is 5.75 Å². The fraction of sp³-hybridized carbons (Fsp3) is 0.167. The lowest BCUT2D eigenvalue weighted by Crippen LogP contribution is -2.15. The summed E-state index contributed by atoms with van der Waals surface area (Å²) >= 11 is 3.48. The molecule has 0 saturated carbocycles. The summed E-state index contributed by atoms with van der Waals surface area (Å²) in [6.45, 7) is 0. The number of carbonyl (C=O) groups excluding carboxylic acids is 1. The van der Waals surface area contributed by atoms with Gasteiger partial charge in [0.15, 0.2) is 0 Å². The third-order valence-corrected chi connectivity index (χ3v) is 4.37. The van der Waals surface area contributed by atoms with Crippen molar-refractivity contribution in [1.29, 1.82) is 0 Å². The van der Waals surface area contributed by atoms with Crippen LogP contribution in [-0.2, 0) is 9.53 Å². The van der Waals surface area contributed by atoms with Crippen molar-refractivity contribution in [1.82, 2.24) is 4.98 Å². The maximum absolute atomic E-state index is 12.4. The van der Waals surface area contributed by atoms with E-state index in [4.69, 9.17) is 9.47 Å². The van der Waals surface area contributed by atoms with E-state index in [-0.39, 0.29) is 5.97 Å². The van der Waals surface area contributed by atoms with Gasteiger partial charge in [0, 0.05) is 21.6 Å². The fourth-order valence-corrected chi connectivity index (χ4v) is 3.07. The summed E-state index contributed by atoms with van der Waals surface area (Å²) < 4.78 is 11.2. The van der Waals surface area contributed by atoms with Crippen LogP contribution in [-0.4, -0.2) is 25.2 Å². The van der Waals surface area contributed by atoms with Gasteiger partial charge in [-0.2, -0.15) is 0 Å². The molecule has 0 amide bonds. The van der Waals surface area contributed by atoms with E-state index < -0.39 is 5.92 Å². The van der Waals surface area contributed by atoms with Crippen LogP contribution >= 0.6 is 15.9 Å². The van der Waals surface area contributed by atoms with Crippen molar-refractivity contribution >= 4 is 32.8 Å². The molecule has 23 heavy (non-hydrogen) atoms. The van der Waals surface area contributed by atoms with Gasteiger partial charge in [-0.15, -0.1) is 0 Å². The zero-order valence-corrected chi connectivity index (χ0v) is 14.4. The highest BCUT2D eigenvalue weighted by Gasteiger charge is 2.26. The largest absolute Gasteiger partial charge is 0.497 e. The third kappa shape index (κ3) is 2.97. The lowest BCUT2D eigenvalue weighted by Gasteiger charge is -2.15. The van der Waals surface area contributed by atoms with Gasteiger partial charge in [0.05, 0.1) is 14.2 Å². The van der Waals surface area contributed by atoms with Gasteiger partial charge in [-0.3, -0.25) is 4.79 Å². The van der Waals surface area contributed by atoms with Gasteiger partial charge < -0.3 is 14.5 Å². The molecule has 1 aromatic heterocycles. The Balaban J connectivity index is 2.14. The topological polar surface area (TPSA) is 51.3 Å². The maximum Gasteiger partial charge on any atom is 0.317 e. The average molecular weight is 374 g/mol. The summed E-state index contributed by atoms with van der Waals surface area (Å²) in [7, 11) is 3.02. The molecule has 118 valence electrons. The number of hydrogen-bond donors (Lipinski definition) is 1. The Labute approximate surface area is 142 Å². The summed E-state index contributed by atoms with van der Waals surface area (Å²) in [4.78, 5) is 15.6. The summed E-state index contributed by atoms with van der Waals surface area (Å²) in [6.07, 6.45) is 1.86. The monoisotopic (exact) mass is 373 g/mol. The van der Waals surface area contributed by atoms with E-state index in [1.165, 1.54) is 7.11 Å². The number of H-pyrrole nitrogens is 1. The van der Waals surface area contributed by atoms with Gasteiger partial charge in [-0.1, -0.05) is 28.1 Å². The Hall–Kier alpha value is -2.27. The average Bonchev–Trinajstić information content (AvgIpc) is 2.98. The van der Waals surface area contributed by atoms with Crippen LogP contribution in [0.3, 0.4) is 0 Å². The van der Waals surface area contributed by atoms with Crippen LogP contribution in [0.4, 0.5) is 0 Å². The second kappa shape index (κ2) is 6.46. The molecule has 1 atom stereocenters. The second-order valence-corrected chi connectivity index (χ2v) is 6.08. The molecule has 2 aromatic carbocycles. The molecule has 4 nitrogen and oxygen atoms in total. The predicted octanol–water partition coefficient (Wildman–Crippen LogP) is 4.24. The van der Waals surface area contributed by atoms with Crippen LogP contribution in [0.1, 0.15) is 17.0 Å². The van der Waals surface area contributed by atoms with Gasteiger partial charge >= 0.3 is 5.97 Å². The Morgan fingerprint density at radius 2 is 1.87 bits per heavy atom. The number of carbonyl (C=O) groups is 1. The normalized spacial score (nSPS) is 12.1. The molecule has 1 unspecified atom stereocenters. The maximum atomic E-state index is 12.4.